The molecule has 0 aliphatic heterocycles. The van der Waals surface area contributed by atoms with E-state index >= 15 is 0 Å². The molecule has 30 heavy (non-hydrogen) atoms. The number of Topliss-reactive ketones (excluding diaryl/α,β-unsaturated/α-hetero) is 1. The van der Waals surface area contributed by atoms with Crippen LogP contribution in [0.5, 0.6) is 0 Å². The number of rotatable bonds is 3. The molecule has 6 nitrogen and oxygen atoms in total. The molecule has 2 N–H and O–H groups in total. The van der Waals surface area contributed by atoms with Crippen LogP contribution in [0.15, 0.2) is 23.8 Å². The Labute approximate surface area is 177 Å². The molecule has 3 saturated carbocycles. The van der Waals surface area contributed by atoms with Crippen molar-refractivity contribution in [3.05, 3.63) is 23.8 Å². The molecule has 0 aromatic rings. The molecular weight excluding hydrogens is 384 g/mol. The molecule has 0 aromatic heterocycles. The molecule has 0 radical (unpaired) electrons. The molecule has 6 heteroatoms. The van der Waals surface area contributed by atoms with Gasteiger partial charge in [-0.1, -0.05) is 32.4 Å². The van der Waals surface area contributed by atoms with E-state index in [2.05, 4.69) is 13.8 Å². The zero-order valence-electron chi connectivity index (χ0n) is 18.2. The molecule has 0 saturated heterocycles. The van der Waals surface area contributed by atoms with E-state index in [9.17, 15) is 24.6 Å². The van der Waals surface area contributed by atoms with Crippen molar-refractivity contribution in [2.75, 3.05) is 6.61 Å². The number of ether oxygens (including phenoxy) is 1. The summed E-state index contributed by atoms with van der Waals surface area (Å²) in [5, 5.41) is 21.1. The number of hydrogen-bond donors (Lipinski definition) is 2. The molecule has 1 unspecified atom stereocenters. The Morgan fingerprint density at radius 2 is 2.00 bits per heavy atom. The Morgan fingerprint density at radius 1 is 1.30 bits per heavy atom. The average molecular weight is 417 g/mol. The smallest absolute Gasteiger partial charge is 0.303 e. The topological polar surface area (TPSA) is 101 Å². The van der Waals surface area contributed by atoms with E-state index in [-0.39, 0.29) is 29.5 Å². The summed E-state index contributed by atoms with van der Waals surface area (Å²) in [7, 11) is 0. The van der Waals surface area contributed by atoms with Crippen LogP contribution >= 0.6 is 0 Å². The van der Waals surface area contributed by atoms with Crippen LogP contribution in [0.25, 0.3) is 0 Å². The highest BCUT2D eigenvalue weighted by Crippen LogP contribution is 2.68. The second-order valence-corrected chi connectivity index (χ2v) is 10.3. The molecule has 164 valence electrons. The zero-order chi connectivity index (χ0) is 22.1. The summed E-state index contributed by atoms with van der Waals surface area (Å²) < 4.78 is 5.70. The summed E-state index contributed by atoms with van der Waals surface area (Å²) in [6.45, 7) is 6.77. The molecule has 4 rings (SSSR count). The molecule has 8 atom stereocenters. The highest BCUT2D eigenvalue weighted by atomic mass is 16.6. The van der Waals surface area contributed by atoms with Crippen LogP contribution in [0.3, 0.4) is 0 Å². The summed E-state index contributed by atoms with van der Waals surface area (Å²) in [6, 6.07) is 0. The molecule has 0 aromatic carbocycles. The van der Waals surface area contributed by atoms with Crippen LogP contribution in [0.2, 0.25) is 0 Å². The minimum absolute atomic E-state index is 0.00815. The van der Waals surface area contributed by atoms with E-state index in [4.69, 9.17) is 4.74 Å². The summed E-state index contributed by atoms with van der Waals surface area (Å²) in [5.74, 6) is -0.724. The summed E-state index contributed by atoms with van der Waals surface area (Å²) in [6.07, 6.45) is 6.77. The number of carbonyl (C=O) groups is 3. The second-order valence-electron chi connectivity index (χ2n) is 10.3. The van der Waals surface area contributed by atoms with Gasteiger partial charge in [0.2, 0.25) is 5.78 Å². The van der Waals surface area contributed by atoms with Crippen LogP contribution in [0.4, 0.5) is 0 Å². The van der Waals surface area contributed by atoms with E-state index in [1.165, 1.54) is 6.92 Å². The lowest BCUT2D eigenvalue weighted by Gasteiger charge is -2.61. The van der Waals surface area contributed by atoms with E-state index in [1.54, 1.807) is 12.2 Å². The molecule has 3 fully saturated rings. The summed E-state index contributed by atoms with van der Waals surface area (Å²) in [4.78, 5) is 36.9. The fraction of sp³-hybridized carbons (Fsp3) is 0.708. The lowest BCUT2D eigenvalue weighted by atomic mass is 9.44. The van der Waals surface area contributed by atoms with Gasteiger partial charge in [-0.15, -0.1) is 0 Å². The maximum absolute atomic E-state index is 12.9. The third-order valence-electron chi connectivity index (χ3n) is 8.85. The largest absolute Gasteiger partial charge is 0.451 e. The minimum atomic E-state index is -1.40. The first kappa shape index (κ1) is 21.4. The highest BCUT2D eigenvalue weighted by Gasteiger charge is 2.70. The number of hydrogen-bond acceptors (Lipinski definition) is 6. The molecule has 0 amide bonds. The number of esters is 1. The van der Waals surface area contributed by atoms with Crippen LogP contribution in [-0.4, -0.2) is 46.1 Å². The minimum Gasteiger partial charge on any atom is -0.451 e. The number of ketones is 2. The second kappa shape index (κ2) is 6.86. The van der Waals surface area contributed by atoms with Crippen molar-refractivity contribution in [1.82, 2.24) is 0 Å². The van der Waals surface area contributed by atoms with E-state index in [1.807, 2.05) is 13.0 Å². The third-order valence-corrected chi connectivity index (χ3v) is 8.85. The SMILES string of the molecule is CC(=O)O[C@]1(C(=O)CO)CC[C@H]2[C@@H]3C[C@H](C)C4=CC(=O)C=C[C@]4(C)[C@H]3C(O)C[C@@]21C. The predicted molar refractivity (Wildman–Crippen MR) is 109 cm³/mol. The fourth-order valence-electron chi connectivity index (χ4n) is 7.79. The number of aliphatic hydroxyl groups is 2. The van der Waals surface area contributed by atoms with Gasteiger partial charge in [-0.3, -0.25) is 14.4 Å². The number of aliphatic hydroxyl groups excluding tert-OH is 2. The molecular formula is C24H32O6. The lowest BCUT2D eigenvalue weighted by Crippen LogP contribution is -2.63. The standard InChI is InChI=1S/C24H32O6/c1-13-9-16-17-6-8-24(20(29)12-25,30-14(2)26)23(17,4)11-19(28)21(16)22(3)7-5-15(27)10-18(13)22/h5,7,10,13,16-17,19,21,25,28H,6,8-9,11-12H2,1-4H3/t13-,16-,17-,19?,21+,22-,23-,24-/m0/s1. The maximum atomic E-state index is 12.9. The molecule has 4 aliphatic rings. The maximum Gasteiger partial charge on any atom is 0.303 e. The molecule has 0 bridgehead atoms. The summed E-state index contributed by atoms with van der Waals surface area (Å²) in [5.41, 5.74) is -1.48. The Hall–Kier alpha value is -1.79. The van der Waals surface area contributed by atoms with Gasteiger partial charge in [0, 0.05) is 23.7 Å². The first-order valence-electron chi connectivity index (χ1n) is 11.0. The third kappa shape index (κ3) is 2.65. The van der Waals surface area contributed by atoms with Crippen LogP contribution < -0.4 is 0 Å². The normalized spacial score (nSPS) is 47.1. The van der Waals surface area contributed by atoms with E-state index in [0.29, 0.717) is 19.3 Å². The van der Waals surface area contributed by atoms with Gasteiger partial charge < -0.3 is 14.9 Å². The van der Waals surface area contributed by atoms with Crippen molar-refractivity contribution in [2.45, 2.75) is 65.1 Å². The lowest BCUT2D eigenvalue weighted by molar-refractivity contribution is -0.199. The molecule has 0 spiro atoms. The first-order chi connectivity index (χ1) is 14.0. The predicted octanol–water partition coefficient (Wildman–Crippen LogP) is 2.37. The number of carbonyl (C=O) groups excluding carboxylic acids is 3. The zero-order valence-corrected chi connectivity index (χ0v) is 18.2. The fourth-order valence-corrected chi connectivity index (χ4v) is 7.79. The van der Waals surface area contributed by atoms with Gasteiger partial charge in [0.15, 0.2) is 11.4 Å². The monoisotopic (exact) mass is 416 g/mol. The van der Waals surface area contributed by atoms with Gasteiger partial charge in [-0.2, -0.15) is 0 Å². The van der Waals surface area contributed by atoms with E-state index in [0.717, 1.165) is 12.0 Å². The van der Waals surface area contributed by atoms with Gasteiger partial charge in [-0.05, 0) is 55.6 Å². The van der Waals surface area contributed by atoms with Crippen molar-refractivity contribution in [3.8, 4) is 0 Å². The number of fused-ring (bicyclic) bond motifs is 5. The van der Waals surface area contributed by atoms with Crippen LogP contribution in [0, 0.1) is 34.5 Å². The average Bonchev–Trinajstić information content (AvgIpc) is 2.94. The Kier molecular flexibility index (Phi) is 4.90. The van der Waals surface area contributed by atoms with Gasteiger partial charge in [0.1, 0.15) is 6.61 Å². The van der Waals surface area contributed by atoms with Crippen molar-refractivity contribution >= 4 is 17.5 Å². The Balaban J connectivity index is 1.80. The van der Waals surface area contributed by atoms with Crippen molar-refractivity contribution in [3.63, 3.8) is 0 Å². The quantitative estimate of drug-likeness (QED) is 0.685. The van der Waals surface area contributed by atoms with Crippen molar-refractivity contribution < 1.29 is 29.3 Å². The molecule has 0 heterocycles. The summed E-state index contributed by atoms with van der Waals surface area (Å²) >= 11 is 0. The van der Waals surface area contributed by atoms with Gasteiger partial charge >= 0.3 is 5.97 Å². The Morgan fingerprint density at radius 3 is 2.63 bits per heavy atom. The molecule has 4 aliphatic carbocycles. The van der Waals surface area contributed by atoms with Crippen LogP contribution in [0.1, 0.15) is 53.4 Å². The van der Waals surface area contributed by atoms with Crippen LogP contribution in [-0.2, 0) is 19.1 Å². The van der Waals surface area contributed by atoms with Crippen molar-refractivity contribution in [2.24, 2.45) is 34.5 Å². The highest BCUT2D eigenvalue weighted by molar-refractivity contribution is 6.01. The van der Waals surface area contributed by atoms with E-state index < -0.39 is 40.9 Å². The van der Waals surface area contributed by atoms with Gasteiger partial charge in [0.05, 0.1) is 6.10 Å². The number of allylic oxidation sites excluding steroid dienone is 4. The Bertz CT molecular complexity index is 858. The van der Waals surface area contributed by atoms with Gasteiger partial charge in [0.25, 0.3) is 0 Å². The van der Waals surface area contributed by atoms with Gasteiger partial charge in [-0.25, -0.2) is 0 Å². The first-order valence-corrected chi connectivity index (χ1v) is 11.0. The van der Waals surface area contributed by atoms with Crippen molar-refractivity contribution in [1.29, 1.82) is 0 Å².